The number of nitrogens with zero attached hydrogens (tertiary/aromatic N) is 2. The first kappa shape index (κ1) is 17.6. The number of fused-ring (bicyclic) bond motifs is 1. The van der Waals surface area contributed by atoms with Gasteiger partial charge in [0.05, 0.1) is 23.5 Å². The van der Waals surface area contributed by atoms with Crippen molar-refractivity contribution < 1.29 is 5.11 Å². The molecule has 4 nitrogen and oxygen atoms in total. The van der Waals surface area contributed by atoms with Crippen LogP contribution in [0.15, 0.2) is 77.9 Å². The first-order valence-corrected chi connectivity index (χ1v) is 10.3. The fourth-order valence-corrected chi connectivity index (χ4v) is 4.59. The lowest BCUT2D eigenvalue weighted by atomic mass is 10.1. The molecular weight excluding hydrogens is 378 g/mol. The van der Waals surface area contributed by atoms with Crippen LogP contribution in [0.3, 0.4) is 0 Å². The molecule has 1 aliphatic heterocycles. The summed E-state index contributed by atoms with van der Waals surface area (Å²) in [7, 11) is 0. The van der Waals surface area contributed by atoms with Crippen molar-refractivity contribution in [1.82, 2.24) is 4.98 Å². The molecule has 142 valence electrons. The van der Waals surface area contributed by atoms with Gasteiger partial charge in [-0.15, -0.1) is 11.3 Å². The van der Waals surface area contributed by atoms with E-state index >= 15 is 0 Å². The van der Waals surface area contributed by atoms with Gasteiger partial charge in [-0.2, -0.15) is 0 Å². The Hall–Kier alpha value is -3.44. The second kappa shape index (κ2) is 6.87. The number of aliphatic hydroxyl groups is 1. The predicted octanol–water partition coefficient (Wildman–Crippen LogP) is 6.04. The smallest absolute Gasteiger partial charge is 0.139 e. The second-order valence-electron chi connectivity index (χ2n) is 7.16. The Morgan fingerprint density at radius 3 is 2.59 bits per heavy atom. The molecule has 0 bridgehead atoms. The van der Waals surface area contributed by atoms with E-state index < -0.39 is 0 Å². The zero-order chi connectivity index (χ0) is 20.0. The highest BCUT2D eigenvalue weighted by molar-refractivity contribution is 7.11. The van der Waals surface area contributed by atoms with Crippen LogP contribution in [0.5, 0.6) is 0 Å². The highest BCUT2D eigenvalue weighted by atomic mass is 32.1. The van der Waals surface area contributed by atoms with Crippen LogP contribution in [-0.4, -0.2) is 22.5 Å². The van der Waals surface area contributed by atoms with Crippen molar-refractivity contribution in [2.75, 3.05) is 11.4 Å². The molecule has 3 aromatic carbocycles. The van der Waals surface area contributed by atoms with E-state index in [9.17, 15) is 5.11 Å². The minimum atomic E-state index is 0.188. The van der Waals surface area contributed by atoms with Crippen LogP contribution < -0.4 is 4.90 Å². The number of aryl methyl sites for hydroxylation is 1. The molecule has 0 radical (unpaired) electrons. The number of rotatable bonds is 3. The summed E-state index contributed by atoms with van der Waals surface area (Å²) in [6, 6.07) is 22.4. The molecule has 0 atom stereocenters. The third-order valence-electron chi connectivity index (χ3n) is 5.23. The number of thiazole rings is 1. The van der Waals surface area contributed by atoms with Gasteiger partial charge in [-0.25, -0.2) is 4.98 Å². The van der Waals surface area contributed by atoms with Crippen LogP contribution in [-0.2, 0) is 0 Å². The molecule has 4 aromatic rings. The van der Waals surface area contributed by atoms with Crippen molar-refractivity contribution in [3.63, 3.8) is 0 Å². The Morgan fingerprint density at radius 2 is 1.76 bits per heavy atom. The summed E-state index contributed by atoms with van der Waals surface area (Å²) in [5.41, 5.74) is 4.54. The lowest BCUT2D eigenvalue weighted by Gasteiger charge is -2.20. The third-order valence-corrected chi connectivity index (χ3v) is 6.09. The second-order valence-corrected chi connectivity index (χ2v) is 8.02. The van der Waals surface area contributed by atoms with Gasteiger partial charge in [-0.1, -0.05) is 66.2 Å². The fraction of sp³-hybridized carbons (Fsp3) is 0.0833. The molecule has 2 N–H and O–H groups in total. The summed E-state index contributed by atoms with van der Waals surface area (Å²) in [6.45, 7) is 2.34. The van der Waals surface area contributed by atoms with Crippen LogP contribution in [0.25, 0.3) is 27.6 Å². The lowest BCUT2D eigenvalue weighted by molar-refractivity contribution is 0.411. The van der Waals surface area contributed by atoms with Crippen molar-refractivity contribution >= 4 is 39.2 Å². The first-order chi connectivity index (χ1) is 14.1. The van der Waals surface area contributed by atoms with Crippen molar-refractivity contribution in [3.05, 3.63) is 88.4 Å². The van der Waals surface area contributed by atoms with E-state index in [1.807, 2.05) is 52.7 Å². The molecule has 0 amide bonds. The zero-order valence-corrected chi connectivity index (χ0v) is 16.7. The minimum absolute atomic E-state index is 0.188. The normalized spacial score (nSPS) is 14.2. The molecule has 0 saturated carbocycles. The molecule has 2 heterocycles. The predicted molar refractivity (Wildman–Crippen MR) is 121 cm³/mol. The molecule has 5 rings (SSSR count). The summed E-state index contributed by atoms with van der Waals surface area (Å²) in [5, 5.41) is 24.3. The van der Waals surface area contributed by atoms with Gasteiger partial charge in [0.2, 0.25) is 0 Å². The highest BCUT2D eigenvalue weighted by Gasteiger charge is 2.32. The van der Waals surface area contributed by atoms with Crippen molar-refractivity contribution in [1.29, 1.82) is 5.41 Å². The van der Waals surface area contributed by atoms with Gasteiger partial charge in [0.25, 0.3) is 0 Å². The van der Waals surface area contributed by atoms with Crippen LogP contribution in [0.1, 0.15) is 10.6 Å². The van der Waals surface area contributed by atoms with Gasteiger partial charge < -0.3 is 10.0 Å². The number of aromatic nitrogens is 1. The van der Waals surface area contributed by atoms with Gasteiger partial charge in [0.15, 0.2) is 0 Å². The highest BCUT2D eigenvalue weighted by Crippen LogP contribution is 2.36. The van der Waals surface area contributed by atoms with Crippen molar-refractivity contribution in [2.24, 2.45) is 0 Å². The van der Waals surface area contributed by atoms with Crippen LogP contribution in [0, 0.1) is 12.3 Å². The van der Waals surface area contributed by atoms with Crippen molar-refractivity contribution in [2.45, 2.75) is 6.92 Å². The van der Waals surface area contributed by atoms with E-state index in [0.717, 1.165) is 27.7 Å². The zero-order valence-electron chi connectivity index (χ0n) is 15.9. The first-order valence-electron chi connectivity index (χ1n) is 9.41. The number of benzene rings is 3. The van der Waals surface area contributed by atoms with E-state index in [2.05, 4.69) is 31.2 Å². The largest absolute Gasteiger partial charge is 0.510 e. The molecule has 5 heteroatoms. The van der Waals surface area contributed by atoms with Crippen LogP contribution >= 0.6 is 11.3 Å². The number of hydrogen-bond donors (Lipinski definition) is 2. The van der Waals surface area contributed by atoms with E-state index in [1.54, 1.807) is 0 Å². The summed E-state index contributed by atoms with van der Waals surface area (Å²) in [5.74, 6) is 0.469. The monoisotopic (exact) mass is 397 g/mol. The lowest BCUT2D eigenvalue weighted by Crippen LogP contribution is -2.26. The summed E-state index contributed by atoms with van der Waals surface area (Å²) in [6.07, 6.45) is 0. The van der Waals surface area contributed by atoms with Crippen LogP contribution in [0.2, 0.25) is 0 Å². The molecule has 1 aromatic heterocycles. The van der Waals surface area contributed by atoms with E-state index in [0.29, 0.717) is 10.6 Å². The molecule has 0 fully saturated rings. The van der Waals surface area contributed by atoms with Gasteiger partial charge in [-0.05, 0) is 18.4 Å². The van der Waals surface area contributed by atoms with Gasteiger partial charge in [0.1, 0.15) is 16.6 Å². The number of aliphatic hydroxyl groups excluding tert-OH is 1. The number of hydrogen-bond acceptors (Lipinski definition) is 4. The maximum absolute atomic E-state index is 10.7. The van der Waals surface area contributed by atoms with Crippen molar-refractivity contribution in [3.8, 4) is 11.3 Å². The number of nitrogens with one attached hydrogen (secondary N) is 1. The molecule has 0 saturated heterocycles. The fourth-order valence-electron chi connectivity index (χ4n) is 3.70. The Labute approximate surface area is 172 Å². The van der Waals surface area contributed by atoms with Gasteiger partial charge in [0, 0.05) is 16.3 Å². The van der Waals surface area contributed by atoms with Gasteiger partial charge in [-0.3, -0.25) is 5.41 Å². The summed E-state index contributed by atoms with van der Waals surface area (Å²) >= 11 is 1.46. The average Bonchev–Trinajstić information content (AvgIpc) is 3.32. The topological polar surface area (TPSA) is 60.2 Å². The minimum Gasteiger partial charge on any atom is -0.510 e. The maximum Gasteiger partial charge on any atom is 0.139 e. The van der Waals surface area contributed by atoms with E-state index in [4.69, 9.17) is 10.4 Å². The molecule has 0 aliphatic carbocycles. The summed E-state index contributed by atoms with van der Waals surface area (Å²) in [4.78, 5) is 6.56. The molecule has 0 spiro atoms. The van der Waals surface area contributed by atoms with E-state index in [-0.39, 0.29) is 18.1 Å². The quantitative estimate of drug-likeness (QED) is 0.443. The average molecular weight is 398 g/mol. The maximum atomic E-state index is 10.7. The van der Waals surface area contributed by atoms with E-state index in [1.165, 1.54) is 16.9 Å². The Bertz CT molecular complexity index is 1270. The Kier molecular flexibility index (Phi) is 4.18. The number of anilines is 1. The summed E-state index contributed by atoms with van der Waals surface area (Å²) < 4.78 is 0. The molecule has 1 aliphatic rings. The molecular formula is C24H19N3OS. The Morgan fingerprint density at radius 1 is 1.00 bits per heavy atom. The van der Waals surface area contributed by atoms with Gasteiger partial charge >= 0.3 is 0 Å². The number of amidine groups is 1. The standard InChI is InChI=1S/C24H19N3OS/c1-15-9-11-17(12-10-15)19-14-29-24(26-19)22-21(28)13-27(23(22)25)20-8-4-6-16-5-2-3-7-18(16)20/h2-12,14,25,28H,13H2,1H3. The molecule has 0 unspecified atom stereocenters. The molecule has 29 heavy (non-hydrogen) atoms. The SMILES string of the molecule is Cc1ccc(-c2csc(C3=C(O)CN(c4cccc5ccccc45)C3=N)n2)cc1. The third kappa shape index (κ3) is 3.00. The Balaban J connectivity index is 1.50. The van der Waals surface area contributed by atoms with Crippen LogP contribution in [0.4, 0.5) is 5.69 Å².